The molecular formula is C42H33N2OP. The molecule has 2 atom stereocenters. The fourth-order valence-corrected chi connectivity index (χ4v) is 10.7. The van der Waals surface area contributed by atoms with E-state index in [1.165, 1.54) is 33.1 Å². The van der Waals surface area contributed by atoms with Crippen LogP contribution in [0.1, 0.15) is 11.5 Å². The molecule has 0 spiro atoms. The number of para-hydroxylation sites is 3. The van der Waals surface area contributed by atoms with Crippen molar-refractivity contribution in [1.82, 2.24) is 4.57 Å². The minimum absolute atomic E-state index is 0.242. The van der Waals surface area contributed by atoms with Gasteiger partial charge in [0.2, 0.25) is 0 Å². The van der Waals surface area contributed by atoms with Gasteiger partial charge in [0.25, 0.3) is 0 Å². The predicted octanol–water partition coefficient (Wildman–Crippen LogP) is 8.45. The first kappa shape index (κ1) is 27.1. The molecule has 3 nitrogen and oxygen atoms in total. The van der Waals surface area contributed by atoms with E-state index in [1.54, 1.807) is 0 Å². The number of aromatic nitrogens is 1. The molecule has 0 saturated carbocycles. The number of anilines is 2. The SMILES string of the molecule is O[PH](c1ccccc1)(c1ccc(N2c3ccccc3C3C=CC=CC32)cc1)c1ccc(-n2c3ccccc3c3ccccc32)cc1. The first-order valence-electron chi connectivity index (χ1n) is 15.9. The van der Waals surface area contributed by atoms with E-state index in [-0.39, 0.29) is 6.04 Å². The Morgan fingerprint density at radius 3 is 1.67 bits per heavy atom. The number of fused-ring (bicyclic) bond motifs is 6. The fraction of sp³-hybridized carbons (Fsp3) is 0.0476. The van der Waals surface area contributed by atoms with Crippen molar-refractivity contribution in [3.8, 4) is 5.69 Å². The zero-order valence-electron chi connectivity index (χ0n) is 25.2. The summed E-state index contributed by atoms with van der Waals surface area (Å²) in [5.41, 5.74) is 7.18. The average molecular weight is 613 g/mol. The van der Waals surface area contributed by atoms with E-state index >= 15 is 0 Å². The Kier molecular flexibility index (Phi) is 6.31. The van der Waals surface area contributed by atoms with E-state index in [0.29, 0.717) is 5.92 Å². The van der Waals surface area contributed by atoms with Crippen LogP contribution in [0.3, 0.4) is 0 Å². The minimum atomic E-state index is -3.31. The van der Waals surface area contributed by atoms with Crippen molar-refractivity contribution in [2.75, 3.05) is 4.90 Å². The van der Waals surface area contributed by atoms with E-state index in [0.717, 1.165) is 27.3 Å². The summed E-state index contributed by atoms with van der Waals surface area (Å²) in [4.78, 5) is 15.3. The summed E-state index contributed by atoms with van der Waals surface area (Å²) in [6.07, 6.45) is 8.91. The summed E-state index contributed by atoms with van der Waals surface area (Å²) in [5.74, 6) is 0.338. The van der Waals surface area contributed by atoms with Crippen LogP contribution < -0.4 is 20.8 Å². The molecule has 2 heterocycles. The van der Waals surface area contributed by atoms with Crippen molar-refractivity contribution in [3.05, 3.63) is 182 Å². The zero-order valence-corrected chi connectivity index (χ0v) is 26.2. The molecule has 1 N–H and O–H groups in total. The molecule has 222 valence electrons. The Morgan fingerprint density at radius 1 is 0.478 bits per heavy atom. The molecule has 0 bridgehead atoms. The van der Waals surface area contributed by atoms with Crippen LogP contribution >= 0.6 is 7.49 Å². The van der Waals surface area contributed by atoms with Crippen LogP contribution in [-0.4, -0.2) is 15.5 Å². The van der Waals surface area contributed by atoms with Gasteiger partial charge in [-0.3, -0.25) is 0 Å². The summed E-state index contributed by atoms with van der Waals surface area (Å²) >= 11 is 0. The van der Waals surface area contributed by atoms with Gasteiger partial charge in [0.1, 0.15) is 0 Å². The van der Waals surface area contributed by atoms with Crippen LogP contribution in [0, 0.1) is 0 Å². The monoisotopic (exact) mass is 612 g/mol. The molecule has 6 aromatic carbocycles. The second kappa shape index (κ2) is 10.7. The van der Waals surface area contributed by atoms with Gasteiger partial charge in [-0.05, 0) is 0 Å². The van der Waals surface area contributed by atoms with Crippen LogP contribution in [0.25, 0.3) is 27.5 Å². The van der Waals surface area contributed by atoms with Gasteiger partial charge in [-0.1, -0.05) is 0 Å². The molecule has 4 heteroatoms. The quantitative estimate of drug-likeness (QED) is 0.198. The summed E-state index contributed by atoms with van der Waals surface area (Å²) in [5, 5.41) is 5.38. The Hall–Kier alpha value is -5.21. The Balaban J connectivity index is 1.14. The van der Waals surface area contributed by atoms with Crippen molar-refractivity contribution in [3.63, 3.8) is 0 Å². The molecule has 0 saturated heterocycles. The summed E-state index contributed by atoms with van der Waals surface area (Å²) in [7, 11) is -3.31. The van der Waals surface area contributed by atoms with Gasteiger partial charge in [0.05, 0.1) is 0 Å². The van der Waals surface area contributed by atoms with Gasteiger partial charge in [0, 0.05) is 0 Å². The fourth-order valence-electron chi connectivity index (χ4n) is 7.69. The molecular weight excluding hydrogens is 579 g/mol. The van der Waals surface area contributed by atoms with Gasteiger partial charge in [-0.25, -0.2) is 0 Å². The Labute approximate surface area is 269 Å². The third-order valence-corrected chi connectivity index (χ3v) is 13.3. The summed E-state index contributed by atoms with van der Waals surface area (Å²) in [6.45, 7) is 0. The van der Waals surface area contributed by atoms with Crippen molar-refractivity contribution in [1.29, 1.82) is 0 Å². The van der Waals surface area contributed by atoms with E-state index in [9.17, 15) is 4.89 Å². The van der Waals surface area contributed by atoms with Crippen LogP contribution in [-0.2, 0) is 0 Å². The third kappa shape index (κ3) is 4.06. The molecule has 1 aliphatic carbocycles. The van der Waals surface area contributed by atoms with E-state index in [1.807, 2.05) is 18.2 Å². The van der Waals surface area contributed by atoms with Crippen molar-refractivity contribution < 1.29 is 4.89 Å². The van der Waals surface area contributed by atoms with Gasteiger partial charge < -0.3 is 0 Å². The number of rotatable bonds is 5. The van der Waals surface area contributed by atoms with Crippen molar-refractivity contribution in [2.24, 2.45) is 0 Å². The van der Waals surface area contributed by atoms with Gasteiger partial charge in [-0.2, -0.15) is 0 Å². The van der Waals surface area contributed by atoms with E-state index in [4.69, 9.17) is 0 Å². The van der Waals surface area contributed by atoms with Crippen LogP contribution in [0.4, 0.5) is 11.4 Å². The number of allylic oxidation sites excluding steroid dienone is 2. The Morgan fingerprint density at radius 2 is 1.00 bits per heavy atom. The third-order valence-electron chi connectivity index (χ3n) is 9.84. The van der Waals surface area contributed by atoms with Crippen LogP contribution in [0.2, 0.25) is 0 Å². The zero-order chi connectivity index (χ0) is 30.7. The standard InChI is InChI=1S/C42H33N2OP/c45-46(32-12-2-1-3-13-32,33-26-22-30(23-27-33)43-39-18-8-4-14-35(39)36-15-5-9-19-40(36)43)34-28-24-31(25-29-34)44-41-20-10-6-16-37(41)38-17-7-11-21-42(38)44/h1-29,35,39,45-46H. The second-order valence-electron chi connectivity index (χ2n) is 12.3. The maximum atomic E-state index is 12.9. The predicted molar refractivity (Wildman–Crippen MR) is 196 cm³/mol. The first-order valence-corrected chi connectivity index (χ1v) is 17.9. The molecule has 7 aromatic rings. The van der Waals surface area contributed by atoms with E-state index < -0.39 is 7.49 Å². The molecule has 0 amide bonds. The molecule has 9 rings (SSSR count). The van der Waals surface area contributed by atoms with E-state index in [2.05, 4.69) is 167 Å². The molecule has 0 radical (unpaired) electrons. The topological polar surface area (TPSA) is 28.4 Å². The average Bonchev–Trinajstić information content (AvgIpc) is 3.65. The molecule has 0 fully saturated rings. The molecule has 1 aromatic heterocycles. The van der Waals surface area contributed by atoms with Crippen molar-refractivity contribution >= 4 is 56.6 Å². The first-order chi connectivity index (χ1) is 22.7. The molecule has 1 aliphatic heterocycles. The van der Waals surface area contributed by atoms with Crippen LogP contribution in [0.5, 0.6) is 0 Å². The van der Waals surface area contributed by atoms with Gasteiger partial charge in [-0.15, -0.1) is 0 Å². The van der Waals surface area contributed by atoms with Crippen LogP contribution in [0.15, 0.2) is 176 Å². The number of hydrogen-bond acceptors (Lipinski definition) is 2. The number of benzene rings is 6. The number of nitrogens with zero attached hydrogens (tertiary/aromatic N) is 2. The Bertz CT molecular complexity index is 2230. The molecule has 46 heavy (non-hydrogen) atoms. The van der Waals surface area contributed by atoms with Gasteiger partial charge in [0.15, 0.2) is 0 Å². The normalized spacial score (nSPS) is 17.4. The maximum absolute atomic E-state index is 12.9. The second-order valence-corrected chi connectivity index (χ2v) is 15.4. The molecule has 2 unspecified atom stereocenters. The number of hydrogen-bond donors (Lipinski definition) is 1. The van der Waals surface area contributed by atoms with Crippen molar-refractivity contribution in [2.45, 2.75) is 12.0 Å². The summed E-state index contributed by atoms with van der Waals surface area (Å²) < 4.78 is 2.32. The summed E-state index contributed by atoms with van der Waals surface area (Å²) in [6, 6.07) is 53.6. The van der Waals surface area contributed by atoms with Gasteiger partial charge >= 0.3 is 270 Å². The molecule has 2 aliphatic rings.